The van der Waals surface area contributed by atoms with Gasteiger partial charge in [0.2, 0.25) is 0 Å². The molecule has 20 heavy (non-hydrogen) atoms. The van der Waals surface area contributed by atoms with E-state index < -0.39 is 6.03 Å². The molecule has 0 fully saturated rings. The van der Waals surface area contributed by atoms with Gasteiger partial charge in [-0.05, 0) is 17.7 Å². The number of carbonyl (C=O) groups excluding carboxylic acids is 1. The van der Waals surface area contributed by atoms with Gasteiger partial charge in [-0.15, -0.1) is 0 Å². The van der Waals surface area contributed by atoms with Crippen molar-refractivity contribution >= 4 is 23.1 Å². The smallest absolute Gasteiger partial charge is 0.323 e. The molecule has 0 unspecified atom stereocenters. The van der Waals surface area contributed by atoms with Gasteiger partial charge in [-0.25, -0.2) is 4.79 Å². The van der Waals surface area contributed by atoms with Gasteiger partial charge in [0.1, 0.15) is 0 Å². The minimum atomic E-state index is -0.566. The molecule has 0 aromatic heterocycles. The van der Waals surface area contributed by atoms with Crippen LogP contribution >= 0.6 is 0 Å². The molecule has 0 spiro atoms. The van der Waals surface area contributed by atoms with Crippen LogP contribution in [0.3, 0.4) is 0 Å². The SMILES string of the molecule is NC(=O)N1c2ccccc2C/C(=N/O)c2ccccc21. The maximum atomic E-state index is 11.9. The first kappa shape index (κ1) is 12.2. The molecule has 0 aliphatic carbocycles. The second-order valence-corrected chi connectivity index (χ2v) is 4.54. The van der Waals surface area contributed by atoms with Crippen LogP contribution in [0.5, 0.6) is 0 Å². The third-order valence-electron chi connectivity index (χ3n) is 3.39. The van der Waals surface area contributed by atoms with Crippen molar-refractivity contribution in [1.29, 1.82) is 0 Å². The van der Waals surface area contributed by atoms with E-state index in [-0.39, 0.29) is 0 Å². The normalized spacial score (nSPS) is 15.4. The van der Waals surface area contributed by atoms with Crippen LogP contribution < -0.4 is 10.6 Å². The van der Waals surface area contributed by atoms with Gasteiger partial charge in [-0.1, -0.05) is 41.6 Å². The third kappa shape index (κ3) is 1.80. The van der Waals surface area contributed by atoms with Crippen LogP contribution in [-0.2, 0) is 6.42 Å². The maximum absolute atomic E-state index is 11.9. The largest absolute Gasteiger partial charge is 0.411 e. The van der Waals surface area contributed by atoms with Gasteiger partial charge in [0, 0.05) is 12.0 Å². The Bertz CT molecular complexity index is 710. The zero-order valence-electron chi connectivity index (χ0n) is 10.7. The molecule has 0 atom stereocenters. The van der Waals surface area contributed by atoms with Crippen molar-refractivity contribution in [2.24, 2.45) is 10.9 Å². The molecule has 2 aromatic carbocycles. The Hall–Kier alpha value is -2.82. The van der Waals surface area contributed by atoms with Crippen LogP contribution in [0, 0.1) is 0 Å². The number of primary amides is 1. The summed E-state index contributed by atoms with van der Waals surface area (Å²) in [5, 5.41) is 12.6. The molecule has 0 radical (unpaired) electrons. The van der Waals surface area contributed by atoms with E-state index in [1.165, 1.54) is 4.90 Å². The first-order valence-corrected chi connectivity index (χ1v) is 6.20. The maximum Gasteiger partial charge on any atom is 0.323 e. The molecule has 1 heterocycles. The van der Waals surface area contributed by atoms with Gasteiger partial charge in [-0.3, -0.25) is 4.90 Å². The molecule has 3 N–H and O–H groups in total. The van der Waals surface area contributed by atoms with Crippen molar-refractivity contribution in [3.8, 4) is 0 Å². The molecule has 1 aliphatic rings. The highest BCUT2D eigenvalue weighted by atomic mass is 16.4. The molecule has 1 aliphatic heterocycles. The highest BCUT2D eigenvalue weighted by Crippen LogP contribution is 2.35. The average Bonchev–Trinajstić information content (AvgIpc) is 2.61. The summed E-state index contributed by atoms with van der Waals surface area (Å²) in [5.74, 6) is 0. The fourth-order valence-corrected chi connectivity index (χ4v) is 2.52. The van der Waals surface area contributed by atoms with E-state index in [0.717, 1.165) is 5.56 Å². The number of hydrogen-bond acceptors (Lipinski definition) is 3. The number of carbonyl (C=O) groups is 1. The Balaban J connectivity index is 2.33. The summed E-state index contributed by atoms with van der Waals surface area (Å²) < 4.78 is 0. The van der Waals surface area contributed by atoms with E-state index in [9.17, 15) is 10.0 Å². The van der Waals surface area contributed by atoms with Crippen LogP contribution in [0.4, 0.5) is 16.2 Å². The number of amides is 2. The number of urea groups is 1. The van der Waals surface area contributed by atoms with Crippen molar-refractivity contribution in [3.05, 3.63) is 59.7 Å². The summed E-state index contributed by atoms with van der Waals surface area (Å²) in [6.07, 6.45) is 0.438. The molecular formula is C15H13N3O2. The number of rotatable bonds is 0. The summed E-state index contributed by atoms with van der Waals surface area (Å²) in [5.41, 5.74) is 8.97. The summed E-state index contributed by atoms with van der Waals surface area (Å²) >= 11 is 0. The van der Waals surface area contributed by atoms with E-state index in [1.54, 1.807) is 6.07 Å². The molecular weight excluding hydrogens is 254 g/mol. The van der Waals surface area contributed by atoms with Crippen LogP contribution in [0.15, 0.2) is 53.7 Å². The average molecular weight is 267 g/mol. The Kier molecular flexibility index (Phi) is 2.87. The molecule has 2 amide bonds. The number of oxime groups is 1. The second kappa shape index (κ2) is 4.70. The van der Waals surface area contributed by atoms with Crippen molar-refractivity contribution < 1.29 is 10.0 Å². The van der Waals surface area contributed by atoms with Crippen LogP contribution in [0.25, 0.3) is 0 Å². The van der Waals surface area contributed by atoms with Crippen LogP contribution in [0.1, 0.15) is 11.1 Å². The first-order valence-electron chi connectivity index (χ1n) is 6.20. The van der Waals surface area contributed by atoms with Crippen LogP contribution in [0.2, 0.25) is 0 Å². The van der Waals surface area contributed by atoms with Gasteiger partial charge >= 0.3 is 6.03 Å². The van der Waals surface area contributed by atoms with Gasteiger partial charge in [0.25, 0.3) is 0 Å². The second-order valence-electron chi connectivity index (χ2n) is 4.54. The summed E-state index contributed by atoms with van der Waals surface area (Å²) in [7, 11) is 0. The zero-order chi connectivity index (χ0) is 14.1. The lowest BCUT2D eigenvalue weighted by atomic mass is 10.0. The van der Waals surface area contributed by atoms with E-state index in [2.05, 4.69) is 5.16 Å². The monoisotopic (exact) mass is 267 g/mol. The first-order chi connectivity index (χ1) is 9.72. The number of hydrogen-bond donors (Lipinski definition) is 2. The topological polar surface area (TPSA) is 78.9 Å². The Morgan fingerprint density at radius 3 is 2.45 bits per heavy atom. The highest BCUT2D eigenvalue weighted by molar-refractivity contribution is 6.13. The number of fused-ring (bicyclic) bond motifs is 2. The predicted molar refractivity (Wildman–Crippen MR) is 76.6 cm³/mol. The molecule has 5 heteroatoms. The quantitative estimate of drug-likeness (QED) is 0.568. The Morgan fingerprint density at radius 2 is 1.75 bits per heavy atom. The number of anilines is 2. The third-order valence-corrected chi connectivity index (χ3v) is 3.39. The van der Waals surface area contributed by atoms with Crippen molar-refractivity contribution in [2.45, 2.75) is 6.42 Å². The number of nitrogens with two attached hydrogens (primary N) is 1. The van der Waals surface area contributed by atoms with Crippen LogP contribution in [-0.4, -0.2) is 17.0 Å². The fraction of sp³-hybridized carbons (Fsp3) is 0.0667. The van der Waals surface area contributed by atoms with Gasteiger partial charge in [0.15, 0.2) is 0 Å². The molecule has 5 nitrogen and oxygen atoms in total. The van der Waals surface area contributed by atoms with Gasteiger partial charge in [-0.2, -0.15) is 0 Å². The summed E-state index contributed by atoms with van der Waals surface area (Å²) in [6.45, 7) is 0. The van der Waals surface area contributed by atoms with Crippen molar-refractivity contribution in [1.82, 2.24) is 0 Å². The number of benzene rings is 2. The van der Waals surface area contributed by atoms with E-state index in [4.69, 9.17) is 5.73 Å². The molecule has 2 aromatic rings. The molecule has 3 rings (SSSR count). The number of para-hydroxylation sites is 2. The number of nitrogens with zero attached hydrogens (tertiary/aromatic N) is 2. The predicted octanol–water partition coefficient (Wildman–Crippen LogP) is 2.64. The molecule has 100 valence electrons. The summed E-state index contributed by atoms with van der Waals surface area (Å²) in [6, 6.07) is 14.1. The zero-order valence-corrected chi connectivity index (χ0v) is 10.7. The van der Waals surface area contributed by atoms with Crippen molar-refractivity contribution in [3.63, 3.8) is 0 Å². The van der Waals surface area contributed by atoms with Gasteiger partial charge in [0.05, 0.1) is 17.1 Å². The standard InChI is InChI=1S/C15H13N3O2/c16-15(19)18-13-7-3-1-5-10(13)9-12(17-20)11-6-2-4-8-14(11)18/h1-8,20H,9H2,(H2,16,19)/b17-12-. The molecule has 0 bridgehead atoms. The fourth-order valence-electron chi connectivity index (χ4n) is 2.52. The Labute approximate surface area is 115 Å². The van der Waals surface area contributed by atoms with E-state index in [1.807, 2.05) is 42.5 Å². The lowest BCUT2D eigenvalue weighted by Gasteiger charge is -2.22. The Morgan fingerprint density at radius 1 is 1.10 bits per heavy atom. The minimum absolute atomic E-state index is 0.438. The van der Waals surface area contributed by atoms with E-state index >= 15 is 0 Å². The summed E-state index contributed by atoms with van der Waals surface area (Å²) in [4.78, 5) is 13.3. The minimum Gasteiger partial charge on any atom is -0.411 e. The molecule has 0 saturated heterocycles. The highest BCUT2D eigenvalue weighted by Gasteiger charge is 2.26. The lowest BCUT2D eigenvalue weighted by molar-refractivity contribution is 0.256. The van der Waals surface area contributed by atoms with Gasteiger partial charge < -0.3 is 10.9 Å². The van der Waals surface area contributed by atoms with Crippen molar-refractivity contribution in [2.75, 3.05) is 4.90 Å². The van der Waals surface area contributed by atoms with E-state index in [0.29, 0.717) is 29.1 Å². The lowest BCUT2D eigenvalue weighted by Crippen LogP contribution is -2.32. The molecule has 0 saturated carbocycles.